The lowest BCUT2D eigenvalue weighted by molar-refractivity contribution is -0.137. The van der Waals surface area contributed by atoms with Crippen molar-refractivity contribution in [1.29, 1.82) is 0 Å². The minimum absolute atomic E-state index is 0. The largest absolute Gasteiger partial charge is 0.416 e. The molecule has 20 heavy (non-hydrogen) atoms. The molecular weight excluding hydrogens is 300 g/mol. The number of rotatable bonds is 4. The van der Waals surface area contributed by atoms with Gasteiger partial charge in [-0.15, -0.1) is 12.4 Å². The van der Waals surface area contributed by atoms with Crippen LogP contribution in [0.3, 0.4) is 0 Å². The van der Waals surface area contributed by atoms with Crippen molar-refractivity contribution >= 4 is 18.3 Å². The van der Waals surface area contributed by atoms with Gasteiger partial charge in [0.15, 0.2) is 0 Å². The number of alkyl halides is 3. The maximum atomic E-state index is 13.4. The van der Waals surface area contributed by atoms with Gasteiger partial charge in [-0.2, -0.15) is 13.2 Å². The Balaban J connectivity index is 0.00000361. The van der Waals surface area contributed by atoms with Gasteiger partial charge in [-0.05, 0) is 30.7 Å². The van der Waals surface area contributed by atoms with Gasteiger partial charge in [0.2, 0.25) is 0 Å². The van der Waals surface area contributed by atoms with Gasteiger partial charge in [-0.3, -0.25) is 4.79 Å². The Morgan fingerprint density at radius 1 is 1.40 bits per heavy atom. The Bertz CT molecular complexity index is 465. The minimum atomic E-state index is -4.62. The van der Waals surface area contributed by atoms with Crippen molar-refractivity contribution in [3.05, 3.63) is 35.1 Å². The highest BCUT2D eigenvalue weighted by molar-refractivity contribution is 5.94. The third-order valence-electron chi connectivity index (χ3n) is 2.55. The predicted octanol–water partition coefficient (Wildman–Crippen LogP) is 2.59. The molecule has 0 heterocycles. The molecule has 0 aliphatic heterocycles. The molecule has 0 fully saturated rings. The Labute approximate surface area is 119 Å². The van der Waals surface area contributed by atoms with E-state index in [0.29, 0.717) is 24.7 Å². The zero-order chi connectivity index (χ0) is 14.6. The van der Waals surface area contributed by atoms with E-state index >= 15 is 0 Å². The summed E-state index contributed by atoms with van der Waals surface area (Å²) in [6.45, 7) is 2.24. The summed E-state index contributed by atoms with van der Waals surface area (Å²) in [5.74, 6) is -1.92. The van der Waals surface area contributed by atoms with Gasteiger partial charge in [-0.1, -0.05) is 6.92 Å². The molecule has 1 atom stereocenters. The van der Waals surface area contributed by atoms with E-state index in [2.05, 4.69) is 5.32 Å². The fourth-order valence-electron chi connectivity index (χ4n) is 1.32. The molecule has 1 aromatic rings. The first kappa shape index (κ1) is 18.7. The first-order valence-corrected chi connectivity index (χ1v) is 5.60. The normalized spacial score (nSPS) is 12.5. The molecule has 3 N–H and O–H groups in total. The van der Waals surface area contributed by atoms with Crippen LogP contribution in [0.5, 0.6) is 0 Å². The molecule has 3 nitrogen and oxygen atoms in total. The predicted molar refractivity (Wildman–Crippen MR) is 69.2 cm³/mol. The molecule has 8 heteroatoms. The number of nitrogens with two attached hydrogens (primary N) is 1. The lowest BCUT2D eigenvalue weighted by atomic mass is 10.1. The van der Waals surface area contributed by atoms with Crippen LogP contribution in [-0.4, -0.2) is 19.0 Å². The number of carbonyl (C=O) groups is 1. The Morgan fingerprint density at radius 2 is 2.00 bits per heavy atom. The average molecular weight is 315 g/mol. The van der Waals surface area contributed by atoms with E-state index < -0.39 is 29.0 Å². The van der Waals surface area contributed by atoms with Gasteiger partial charge in [0.1, 0.15) is 5.82 Å². The van der Waals surface area contributed by atoms with Gasteiger partial charge in [0.25, 0.3) is 5.91 Å². The summed E-state index contributed by atoms with van der Waals surface area (Å²) in [5.41, 5.74) is 3.64. The topological polar surface area (TPSA) is 55.1 Å². The Kier molecular flexibility index (Phi) is 6.95. The Hall–Kier alpha value is -1.34. The number of halogens is 5. The maximum absolute atomic E-state index is 13.4. The second kappa shape index (κ2) is 7.44. The number of carbonyl (C=O) groups excluding carboxylic acids is 1. The molecule has 0 saturated heterocycles. The SMILES string of the molecule is CC(CN)CNC(=O)c1cc(C(F)(F)F)ccc1F.Cl. The quantitative estimate of drug-likeness (QED) is 0.839. The van der Waals surface area contributed by atoms with Crippen molar-refractivity contribution in [2.24, 2.45) is 11.7 Å². The second-order valence-corrected chi connectivity index (χ2v) is 4.24. The molecule has 0 aliphatic carbocycles. The van der Waals surface area contributed by atoms with E-state index in [-0.39, 0.29) is 24.9 Å². The van der Waals surface area contributed by atoms with Crippen molar-refractivity contribution in [3.63, 3.8) is 0 Å². The summed E-state index contributed by atoms with van der Waals surface area (Å²) < 4.78 is 50.7. The van der Waals surface area contributed by atoms with Gasteiger partial charge in [0.05, 0.1) is 11.1 Å². The summed E-state index contributed by atoms with van der Waals surface area (Å²) in [6.07, 6.45) is -4.62. The Morgan fingerprint density at radius 3 is 2.50 bits per heavy atom. The monoisotopic (exact) mass is 314 g/mol. The van der Waals surface area contributed by atoms with Crippen LogP contribution in [0.4, 0.5) is 17.6 Å². The van der Waals surface area contributed by atoms with Gasteiger partial charge >= 0.3 is 6.18 Å². The highest BCUT2D eigenvalue weighted by Crippen LogP contribution is 2.30. The fraction of sp³-hybridized carbons (Fsp3) is 0.417. The van der Waals surface area contributed by atoms with Crippen molar-refractivity contribution in [3.8, 4) is 0 Å². The number of hydrogen-bond donors (Lipinski definition) is 2. The van der Waals surface area contributed by atoms with E-state index in [1.54, 1.807) is 6.92 Å². The number of hydrogen-bond acceptors (Lipinski definition) is 2. The number of nitrogens with one attached hydrogen (secondary N) is 1. The molecule has 0 aliphatic rings. The van der Waals surface area contributed by atoms with Crippen LogP contribution in [0.15, 0.2) is 18.2 Å². The van der Waals surface area contributed by atoms with Crippen molar-refractivity contribution in [2.45, 2.75) is 13.1 Å². The van der Waals surface area contributed by atoms with E-state index in [1.807, 2.05) is 0 Å². The van der Waals surface area contributed by atoms with Crippen LogP contribution in [0.2, 0.25) is 0 Å². The average Bonchev–Trinajstić information content (AvgIpc) is 2.34. The zero-order valence-corrected chi connectivity index (χ0v) is 11.4. The molecule has 114 valence electrons. The zero-order valence-electron chi connectivity index (χ0n) is 10.6. The molecule has 1 amide bonds. The number of benzene rings is 1. The molecule has 1 unspecified atom stereocenters. The molecular formula is C12H15ClF4N2O. The molecule has 0 bridgehead atoms. The van der Waals surface area contributed by atoms with Gasteiger partial charge in [-0.25, -0.2) is 4.39 Å². The van der Waals surface area contributed by atoms with Crippen molar-refractivity contribution in [2.75, 3.05) is 13.1 Å². The lowest BCUT2D eigenvalue weighted by Crippen LogP contribution is -2.32. The van der Waals surface area contributed by atoms with Gasteiger partial charge in [0, 0.05) is 6.54 Å². The highest BCUT2D eigenvalue weighted by Gasteiger charge is 2.31. The van der Waals surface area contributed by atoms with E-state index in [9.17, 15) is 22.4 Å². The van der Waals surface area contributed by atoms with Crippen LogP contribution < -0.4 is 11.1 Å². The fourth-order valence-corrected chi connectivity index (χ4v) is 1.32. The first-order valence-electron chi connectivity index (χ1n) is 5.60. The molecule has 0 aromatic heterocycles. The molecule has 1 aromatic carbocycles. The second-order valence-electron chi connectivity index (χ2n) is 4.24. The third kappa shape index (κ3) is 4.97. The summed E-state index contributed by atoms with van der Waals surface area (Å²) in [5, 5.41) is 2.34. The van der Waals surface area contributed by atoms with Crippen LogP contribution in [0.25, 0.3) is 0 Å². The smallest absolute Gasteiger partial charge is 0.352 e. The lowest BCUT2D eigenvalue weighted by Gasteiger charge is -2.12. The van der Waals surface area contributed by atoms with E-state index in [0.717, 1.165) is 0 Å². The van der Waals surface area contributed by atoms with E-state index in [4.69, 9.17) is 5.73 Å². The van der Waals surface area contributed by atoms with Gasteiger partial charge < -0.3 is 11.1 Å². The van der Waals surface area contributed by atoms with Crippen molar-refractivity contribution < 1.29 is 22.4 Å². The van der Waals surface area contributed by atoms with Crippen LogP contribution in [0.1, 0.15) is 22.8 Å². The molecule has 0 radical (unpaired) electrons. The first-order chi connectivity index (χ1) is 8.75. The standard InChI is InChI=1S/C12H14F4N2O.ClH/c1-7(5-17)6-18-11(19)9-4-8(12(14,15)16)2-3-10(9)13;/h2-4,7H,5-6,17H2,1H3,(H,18,19);1H. The molecule has 1 rings (SSSR count). The summed E-state index contributed by atoms with van der Waals surface area (Å²) in [7, 11) is 0. The van der Waals surface area contributed by atoms with Crippen LogP contribution in [0, 0.1) is 11.7 Å². The summed E-state index contributed by atoms with van der Waals surface area (Å²) in [4.78, 5) is 11.6. The summed E-state index contributed by atoms with van der Waals surface area (Å²) >= 11 is 0. The third-order valence-corrected chi connectivity index (χ3v) is 2.55. The van der Waals surface area contributed by atoms with Crippen molar-refractivity contribution in [1.82, 2.24) is 5.32 Å². The molecule has 0 spiro atoms. The summed E-state index contributed by atoms with van der Waals surface area (Å²) in [6, 6.07) is 1.72. The van der Waals surface area contributed by atoms with Crippen LogP contribution >= 0.6 is 12.4 Å². The van der Waals surface area contributed by atoms with Crippen LogP contribution in [-0.2, 0) is 6.18 Å². The van der Waals surface area contributed by atoms with E-state index in [1.165, 1.54) is 0 Å². The minimum Gasteiger partial charge on any atom is -0.352 e. The highest BCUT2D eigenvalue weighted by atomic mass is 35.5. The number of amides is 1. The maximum Gasteiger partial charge on any atom is 0.416 e. The molecule has 0 saturated carbocycles.